The lowest BCUT2D eigenvalue weighted by atomic mass is 10.3. The van der Waals surface area contributed by atoms with Crippen LogP contribution in [-0.2, 0) is 4.74 Å². The molecule has 0 aromatic carbocycles. The van der Waals surface area contributed by atoms with Gasteiger partial charge in [0, 0.05) is 13.1 Å². The van der Waals surface area contributed by atoms with Crippen LogP contribution in [-0.4, -0.2) is 25.1 Å². The highest BCUT2D eigenvalue weighted by molar-refractivity contribution is 5.22. The van der Waals surface area contributed by atoms with Crippen LogP contribution in [0.1, 0.15) is 19.8 Å². The molecule has 1 aliphatic carbocycles. The van der Waals surface area contributed by atoms with Gasteiger partial charge in [-0.25, -0.2) is 0 Å². The van der Waals surface area contributed by atoms with E-state index in [4.69, 9.17) is 4.74 Å². The smallest absolute Gasteiger partial charge is 0.137 e. The molecule has 2 heteroatoms. The van der Waals surface area contributed by atoms with Crippen molar-refractivity contribution in [1.29, 1.82) is 0 Å². The fraction of sp³-hybridized carbons (Fsp3) is 0.600. The SMILES string of the molecule is C=C(/C(=C\C)OC)N(C)C1CC1. The van der Waals surface area contributed by atoms with Crippen molar-refractivity contribution in [2.24, 2.45) is 0 Å². The zero-order valence-electron chi connectivity index (χ0n) is 8.13. The van der Waals surface area contributed by atoms with E-state index in [-0.39, 0.29) is 0 Å². The molecule has 0 atom stereocenters. The van der Waals surface area contributed by atoms with Gasteiger partial charge in [-0.1, -0.05) is 6.58 Å². The summed E-state index contributed by atoms with van der Waals surface area (Å²) in [5.74, 6) is 0.879. The van der Waals surface area contributed by atoms with Gasteiger partial charge in [0.25, 0.3) is 0 Å². The standard InChI is InChI=1S/C10H17NO/c1-5-10(12-4)8(2)11(3)9-6-7-9/h5,9H,2,6-7H2,1,3-4H3/b10-5+. The largest absolute Gasteiger partial charge is 0.495 e. The van der Waals surface area contributed by atoms with Crippen molar-refractivity contribution in [1.82, 2.24) is 4.90 Å². The lowest BCUT2D eigenvalue weighted by Crippen LogP contribution is -2.21. The first-order valence-corrected chi connectivity index (χ1v) is 4.33. The Balaban J connectivity index is 2.55. The molecule has 0 amide bonds. The Hall–Kier alpha value is -0.920. The molecule has 0 aliphatic heterocycles. The summed E-state index contributed by atoms with van der Waals surface area (Å²) in [5, 5.41) is 0. The van der Waals surface area contributed by atoms with Gasteiger partial charge in [-0.15, -0.1) is 0 Å². The van der Waals surface area contributed by atoms with Crippen LogP contribution in [0.15, 0.2) is 24.1 Å². The van der Waals surface area contributed by atoms with Crippen LogP contribution in [0.5, 0.6) is 0 Å². The third-order valence-corrected chi connectivity index (χ3v) is 2.29. The highest BCUT2D eigenvalue weighted by atomic mass is 16.5. The zero-order chi connectivity index (χ0) is 9.14. The Labute approximate surface area is 74.5 Å². The first-order chi connectivity index (χ1) is 5.70. The van der Waals surface area contributed by atoms with Gasteiger partial charge in [0.1, 0.15) is 5.76 Å². The molecule has 68 valence electrons. The van der Waals surface area contributed by atoms with Crippen molar-refractivity contribution in [3.63, 3.8) is 0 Å². The molecule has 1 aliphatic rings. The van der Waals surface area contributed by atoms with E-state index in [0.717, 1.165) is 11.5 Å². The third kappa shape index (κ3) is 1.81. The molecule has 0 saturated heterocycles. The number of hydrogen-bond acceptors (Lipinski definition) is 2. The van der Waals surface area contributed by atoms with E-state index in [1.165, 1.54) is 12.8 Å². The minimum Gasteiger partial charge on any atom is -0.495 e. The van der Waals surface area contributed by atoms with Crippen molar-refractivity contribution >= 4 is 0 Å². The molecule has 2 nitrogen and oxygen atoms in total. The quantitative estimate of drug-likeness (QED) is 0.470. The molecular weight excluding hydrogens is 150 g/mol. The fourth-order valence-corrected chi connectivity index (χ4v) is 1.26. The topological polar surface area (TPSA) is 12.5 Å². The van der Waals surface area contributed by atoms with Gasteiger partial charge >= 0.3 is 0 Å². The Morgan fingerprint density at radius 3 is 2.50 bits per heavy atom. The minimum absolute atomic E-state index is 0.697. The molecular formula is C10H17NO. The van der Waals surface area contributed by atoms with Crippen LogP contribution in [0.3, 0.4) is 0 Å². The monoisotopic (exact) mass is 167 g/mol. The number of likely N-dealkylation sites (N-methyl/N-ethyl adjacent to an activating group) is 1. The average molecular weight is 167 g/mol. The molecule has 0 radical (unpaired) electrons. The fourth-order valence-electron chi connectivity index (χ4n) is 1.26. The van der Waals surface area contributed by atoms with Gasteiger partial charge in [0.2, 0.25) is 0 Å². The maximum Gasteiger partial charge on any atom is 0.137 e. The first-order valence-electron chi connectivity index (χ1n) is 4.33. The molecule has 0 unspecified atom stereocenters. The van der Waals surface area contributed by atoms with Gasteiger partial charge in [0.15, 0.2) is 0 Å². The molecule has 1 rings (SSSR count). The van der Waals surface area contributed by atoms with Crippen LogP contribution >= 0.6 is 0 Å². The normalized spacial score (nSPS) is 17.4. The Morgan fingerprint density at radius 2 is 2.17 bits per heavy atom. The number of ether oxygens (including phenoxy) is 1. The molecule has 0 bridgehead atoms. The summed E-state index contributed by atoms with van der Waals surface area (Å²) in [6.45, 7) is 5.95. The van der Waals surface area contributed by atoms with Crippen LogP contribution in [0.25, 0.3) is 0 Å². The van der Waals surface area contributed by atoms with Crippen molar-refractivity contribution in [2.75, 3.05) is 14.2 Å². The maximum atomic E-state index is 5.18. The Bertz CT molecular complexity index is 204. The number of nitrogens with zero attached hydrogens (tertiary/aromatic N) is 1. The predicted octanol–water partition coefficient (Wildman–Crippen LogP) is 2.14. The minimum atomic E-state index is 0.697. The predicted molar refractivity (Wildman–Crippen MR) is 50.7 cm³/mol. The molecule has 0 heterocycles. The zero-order valence-corrected chi connectivity index (χ0v) is 8.13. The van der Waals surface area contributed by atoms with Gasteiger partial charge in [-0.3, -0.25) is 0 Å². The van der Waals surface area contributed by atoms with Gasteiger partial charge in [-0.2, -0.15) is 0 Å². The van der Waals surface area contributed by atoms with Gasteiger partial charge < -0.3 is 9.64 Å². The molecule has 0 spiro atoms. The van der Waals surface area contributed by atoms with Crippen molar-refractivity contribution in [2.45, 2.75) is 25.8 Å². The maximum absolute atomic E-state index is 5.18. The summed E-state index contributed by atoms with van der Waals surface area (Å²) in [6.07, 6.45) is 4.52. The second kappa shape index (κ2) is 3.65. The summed E-state index contributed by atoms with van der Waals surface area (Å²) in [7, 11) is 3.75. The Kier molecular flexibility index (Phi) is 2.79. The van der Waals surface area contributed by atoms with Crippen LogP contribution in [0.4, 0.5) is 0 Å². The molecule has 0 aromatic heterocycles. The second-order valence-electron chi connectivity index (χ2n) is 3.15. The summed E-state index contributed by atoms with van der Waals surface area (Å²) in [4.78, 5) is 2.19. The highest BCUT2D eigenvalue weighted by Gasteiger charge is 2.27. The Morgan fingerprint density at radius 1 is 1.58 bits per heavy atom. The first kappa shape index (κ1) is 9.17. The molecule has 1 saturated carbocycles. The number of hydrogen-bond donors (Lipinski definition) is 0. The molecule has 1 fully saturated rings. The molecule has 0 aromatic rings. The van der Waals surface area contributed by atoms with Crippen LogP contribution < -0.4 is 0 Å². The average Bonchev–Trinajstić information content (AvgIpc) is 2.87. The van der Waals surface area contributed by atoms with E-state index < -0.39 is 0 Å². The second-order valence-corrected chi connectivity index (χ2v) is 3.15. The number of rotatable bonds is 4. The molecule has 12 heavy (non-hydrogen) atoms. The summed E-state index contributed by atoms with van der Waals surface area (Å²) in [6, 6.07) is 0.697. The lowest BCUT2D eigenvalue weighted by molar-refractivity contribution is 0.267. The highest BCUT2D eigenvalue weighted by Crippen LogP contribution is 2.29. The van der Waals surface area contributed by atoms with E-state index in [9.17, 15) is 0 Å². The summed E-state index contributed by atoms with van der Waals surface area (Å²) in [5.41, 5.74) is 0.988. The number of allylic oxidation sites excluding steroid dienone is 1. The summed E-state index contributed by atoms with van der Waals surface area (Å²) >= 11 is 0. The van der Waals surface area contributed by atoms with Gasteiger partial charge in [0.05, 0.1) is 12.8 Å². The van der Waals surface area contributed by atoms with Gasteiger partial charge in [-0.05, 0) is 25.8 Å². The van der Waals surface area contributed by atoms with E-state index in [1.54, 1.807) is 7.11 Å². The van der Waals surface area contributed by atoms with Crippen molar-refractivity contribution in [3.8, 4) is 0 Å². The van der Waals surface area contributed by atoms with Crippen molar-refractivity contribution in [3.05, 3.63) is 24.1 Å². The van der Waals surface area contributed by atoms with Crippen LogP contribution in [0, 0.1) is 0 Å². The van der Waals surface area contributed by atoms with E-state index in [2.05, 4.69) is 18.5 Å². The lowest BCUT2D eigenvalue weighted by Gasteiger charge is -2.22. The van der Waals surface area contributed by atoms with E-state index in [1.807, 2.05) is 13.0 Å². The van der Waals surface area contributed by atoms with E-state index in [0.29, 0.717) is 6.04 Å². The molecule has 0 N–H and O–H groups in total. The summed E-state index contributed by atoms with van der Waals surface area (Å²) < 4.78 is 5.18. The van der Waals surface area contributed by atoms with E-state index >= 15 is 0 Å². The van der Waals surface area contributed by atoms with Crippen LogP contribution in [0.2, 0.25) is 0 Å². The van der Waals surface area contributed by atoms with Crippen molar-refractivity contribution < 1.29 is 4.74 Å². The third-order valence-electron chi connectivity index (χ3n) is 2.29. The number of methoxy groups -OCH3 is 1.